The molecule has 2 aromatic carbocycles. The van der Waals surface area contributed by atoms with Crippen LogP contribution >= 0.6 is 0 Å². The monoisotopic (exact) mass is 271 g/mol. The van der Waals surface area contributed by atoms with Crippen LogP contribution in [0.3, 0.4) is 0 Å². The van der Waals surface area contributed by atoms with Gasteiger partial charge in [-0.25, -0.2) is 4.79 Å². The third-order valence-corrected chi connectivity index (χ3v) is 3.05. The van der Waals surface area contributed by atoms with E-state index in [-0.39, 0.29) is 0 Å². The van der Waals surface area contributed by atoms with Gasteiger partial charge in [-0.15, -0.1) is 0 Å². The van der Waals surface area contributed by atoms with Crippen LogP contribution in [0.15, 0.2) is 42.5 Å². The summed E-state index contributed by atoms with van der Waals surface area (Å²) < 4.78 is 5.63. The molecule has 0 unspecified atom stereocenters. The fraction of sp³-hybridized carbons (Fsp3) is 0.188. The number of benzene rings is 2. The van der Waals surface area contributed by atoms with Crippen LogP contribution in [0, 0.1) is 13.8 Å². The Morgan fingerprint density at radius 2 is 1.90 bits per heavy atom. The van der Waals surface area contributed by atoms with Gasteiger partial charge in [0.2, 0.25) is 0 Å². The molecule has 2 N–H and O–H groups in total. The number of nitrogens with one attached hydrogen (secondary N) is 1. The van der Waals surface area contributed by atoms with Gasteiger partial charge in [0.1, 0.15) is 5.75 Å². The number of aryl methyl sites for hydroxylation is 2. The van der Waals surface area contributed by atoms with Crippen molar-refractivity contribution in [3.63, 3.8) is 0 Å². The first-order valence-electron chi connectivity index (χ1n) is 6.34. The number of carboxylic acid groups (broad SMARTS) is 1. The molecule has 104 valence electrons. The van der Waals surface area contributed by atoms with Crippen molar-refractivity contribution in [2.45, 2.75) is 13.8 Å². The van der Waals surface area contributed by atoms with Crippen molar-refractivity contribution in [1.29, 1.82) is 0 Å². The SMILES string of the molecule is Cc1ccccc1OCNc1ccc(C(=O)O)c(C)c1. The quantitative estimate of drug-likeness (QED) is 0.818. The Bertz CT molecular complexity index is 623. The summed E-state index contributed by atoms with van der Waals surface area (Å²) in [7, 11) is 0. The van der Waals surface area contributed by atoms with Crippen molar-refractivity contribution in [2.24, 2.45) is 0 Å². The molecule has 0 saturated heterocycles. The summed E-state index contributed by atoms with van der Waals surface area (Å²) in [5.41, 5.74) is 2.95. The van der Waals surface area contributed by atoms with E-state index < -0.39 is 5.97 Å². The maximum atomic E-state index is 10.9. The van der Waals surface area contributed by atoms with Gasteiger partial charge in [0.15, 0.2) is 6.73 Å². The Hall–Kier alpha value is -2.49. The van der Waals surface area contributed by atoms with E-state index in [2.05, 4.69) is 5.32 Å². The van der Waals surface area contributed by atoms with E-state index in [1.54, 1.807) is 25.1 Å². The molecule has 0 fully saturated rings. The van der Waals surface area contributed by atoms with E-state index in [1.165, 1.54) is 0 Å². The molecule has 0 bridgehead atoms. The lowest BCUT2D eigenvalue weighted by Gasteiger charge is -2.12. The van der Waals surface area contributed by atoms with Crippen LogP contribution in [-0.4, -0.2) is 17.8 Å². The first kappa shape index (κ1) is 13.9. The smallest absolute Gasteiger partial charge is 0.335 e. The number of rotatable bonds is 5. The van der Waals surface area contributed by atoms with Crippen molar-refractivity contribution >= 4 is 11.7 Å². The third kappa shape index (κ3) is 3.29. The lowest BCUT2D eigenvalue weighted by atomic mass is 10.1. The number of aromatic carboxylic acids is 1. The molecule has 0 saturated carbocycles. The molecular formula is C16H17NO3. The highest BCUT2D eigenvalue weighted by molar-refractivity contribution is 5.89. The molecule has 0 heterocycles. The highest BCUT2D eigenvalue weighted by Gasteiger charge is 2.06. The number of hydrogen-bond acceptors (Lipinski definition) is 3. The molecule has 4 heteroatoms. The summed E-state index contributed by atoms with van der Waals surface area (Å²) >= 11 is 0. The van der Waals surface area contributed by atoms with Gasteiger partial charge < -0.3 is 15.2 Å². The Kier molecular flexibility index (Phi) is 4.25. The molecule has 2 rings (SSSR count). The van der Waals surface area contributed by atoms with Gasteiger partial charge in [0, 0.05) is 5.69 Å². The largest absolute Gasteiger partial charge is 0.478 e. The minimum Gasteiger partial charge on any atom is -0.478 e. The molecule has 0 aliphatic heterocycles. The van der Waals surface area contributed by atoms with Gasteiger partial charge >= 0.3 is 5.97 Å². The van der Waals surface area contributed by atoms with Gasteiger partial charge in [-0.3, -0.25) is 0 Å². The van der Waals surface area contributed by atoms with Gasteiger partial charge in [-0.05, 0) is 49.2 Å². The molecule has 0 aliphatic rings. The predicted molar refractivity (Wildman–Crippen MR) is 78.4 cm³/mol. The predicted octanol–water partition coefficient (Wildman–Crippen LogP) is 3.45. The molecule has 2 aromatic rings. The van der Waals surface area contributed by atoms with Gasteiger partial charge in [-0.1, -0.05) is 18.2 Å². The molecule has 0 amide bonds. The second-order valence-corrected chi connectivity index (χ2v) is 4.57. The molecule has 0 atom stereocenters. The van der Waals surface area contributed by atoms with Crippen molar-refractivity contribution in [2.75, 3.05) is 12.0 Å². The van der Waals surface area contributed by atoms with Gasteiger partial charge in [-0.2, -0.15) is 0 Å². The van der Waals surface area contributed by atoms with Crippen molar-refractivity contribution in [3.05, 3.63) is 59.2 Å². The average Bonchev–Trinajstić information content (AvgIpc) is 2.40. The minimum absolute atomic E-state index is 0.315. The summed E-state index contributed by atoms with van der Waals surface area (Å²) in [5.74, 6) is -0.0795. The van der Waals surface area contributed by atoms with Crippen molar-refractivity contribution < 1.29 is 14.6 Å². The van der Waals surface area contributed by atoms with Gasteiger partial charge in [0.25, 0.3) is 0 Å². The summed E-state index contributed by atoms with van der Waals surface area (Å²) in [6.45, 7) is 4.09. The van der Waals surface area contributed by atoms with E-state index in [0.29, 0.717) is 12.3 Å². The first-order chi connectivity index (χ1) is 9.58. The highest BCUT2D eigenvalue weighted by Crippen LogP contribution is 2.18. The zero-order chi connectivity index (χ0) is 14.5. The van der Waals surface area contributed by atoms with E-state index in [0.717, 1.165) is 22.6 Å². The van der Waals surface area contributed by atoms with Crippen LogP contribution in [0.4, 0.5) is 5.69 Å². The molecule has 4 nitrogen and oxygen atoms in total. The first-order valence-corrected chi connectivity index (χ1v) is 6.34. The topological polar surface area (TPSA) is 58.6 Å². The Morgan fingerprint density at radius 1 is 1.15 bits per heavy atom. The summed E-state index contributed by atoms with van der Waals surface area (Å²) in [6.07, 6.45) is 0. The number of carbonyl (C=O) groups is 1. The zero-order valence-corrected chi connectivity index (χ0v) is 11.5. The minimum atomic E-state index is -0.912. The Labute approximate surface area is 118 Å². The third-order valence-electron chi connectivity index (χ3n) is 3.05. The van der Waals surface area contributed by atoms with E-state index in [9.17, 15) is 4.79 Å². The van der Waals surface area contributed by atoms with Crippen LogP contribution in [0.2, 0.25) is 0 Å². The zero-order valence-electron chi connectivity index (χ0n) is 11.5. The second kappa shape index (κ2) is 6.10. The molecule has 20 heavy (non-hydrogen) atoms. The maximum Gasteiger partial charge on any atom is 0.335 e. The number of anilines is 1. The standard InChI is InChI=1S/C16H17NO3/c1-11-5-3-4-6-15(11)20-10-17-13-7-8-14(16(18)19)12(2)9-13/h3-9,17H,10H2,1-2H3,(H,18,19). The highest BCUT2D eigenvalue weighted by atomic mass is 16.5. The molecule has 0 spiro atoms. The lowest BCUT2D eigenvalue weighted by Crippen LogP contribution is -2.10. The number of ether oxygens (including phenoxy) is 1. The fourth-order valence-electron chi connectivity index (χ4n) is 1.93. The maximum absolute atomic E-state index is 10.9. The number of hydrogen-bond donors (Lipinski definition) is 2. The van der Waals surface area contributed by atoms with Crippen molar-refractivity contribution in [1.82, 2.24) is 0 Å². The molecule has 0 radical (unpaired) electrons. The number of para-hydroxylation sites is 1. The van der Waals surface area contributed by atoms with E-state index in [4.69, 9.17) is 9.84 Å². The fourth-order valence-corrected chi connectivity index (χ4v) is 1.93. The lowest BCUT2D eigenvalue weighted by molar-refractivity contribution is 0.0696. The average molecular weight is 271 g/mol. The molecular weight excluding hydrogens is 254 g/mol. The van der Waals surface area contributed by atoms with Crippen LogP contribution in [0.1, 0.15) is 21.5 Å². The van der Waals surface area contributed by atoms with Gasteiger partial charge in [0.05, 0.1) is 5.56 Å². The Morgan fingerprint density at radius 3 is 2.55 bits per heavy atom. The Balaban J connectivity index is 1.97. The second-order valence-electron chi connectivity index (χ2n) is 4.57. The summed E-state index contributed by atoms with van der Waals surface area (Å²) in [5, 5.41) is 12.1. The normalized spacial score (nSPS) is 10.1. The van der Waals surface area contributed by atoms with E-state index >= 15 is 0 Å². The number of carboxylic acids is 1. The van der Waals surface area contributed by atoms with Crippen LogP contribution in [0.25, 0.3) is 0 Å². The summed E-state index contributed by atoms with van der Waals surface area (Å²) in [6, 6.07) is 12.9. The van der Waals surface area contributed by atoms with Crippen molar-refractivity contribution in [3.8, 4) is 5.75 Å². The molecule has 0 aromatic heterocycles. The summed E-state index contributed by atoms with van der Waals surface area (Å²) in [4.78, 5) is 10.9. The molecule has 0 aliphatic carbocycles. The van der Waals surface area contributed by atoms with Crippen LogP contribution in [0.5, 0.6) is 5.75 Å². The van der Waals surface area contributed by atoms with E-state index in [1.807, 2.05) is 31.2 Å². The van der Waals surface area contributed by atoms with Crippen LogP contribution < -0.4 is 10.1 Å². The van der Waals surface area contributed by atoms with Crippen LogP contribution in [-0.2, 0) is 0 Å².